The quantitative estimate of drug-likeness (QED) is 0.607. The van der Waals surface area contributed by atoms with E-state index in [4.69, 9.17) is 4.74 Å². The zero-order chi connectivity index (χ0) is 20.5. The number of anilines is 1. The highest BCUT2D eigenvalue weighted by Gasteiger charge is 2.32. The second-order valence-corrected chi connectivity index (χ2v) is 8.55. The molecule has 1 saturated heterocycles. The number of aromatic nitrogens is 2. The first kappa shape index (κ1) is 19.7. The van der Waals surface area contributed by atoms with E-state index < -0.39 is 0 Å². The highest BCUT2D eigenvalue weighted by atomic mass is 79.9. The number of carbonyl (C=O) groups excluding carboxylic acids is 2. The Bertz CT molecular complexity index is 1010. The van der Waals surface area contributed by atoms with Gasteiger partial charge in [-0.1, -0.05) is 15.9 Å². The lowest BCUT2D eigenvalue weighted by molar-refractivity contribution is -0.121. The smallest absolute Gasteiger partial charge is 0.293 e. The number of thioether (sulfide) groups is 1. The number of benzene rings is 1. The van der Waals surface area contributed by atoms with Gasteiger partial charge in [-0.3, -0.25) is 14.5 Å². The van der Waals surface area contributed by atoms with Gasteiger partial charge >= 0.3 is 0 Å². The fourth-order valence-corrected chi connectivity index (χ4v) is 3.81. The van der Waals surface area contributed by atoms with E-state index in [-0.39, 0.29) is 29.3 Å². The molecule has 0 atom stereocenters. The Balaban J connectivity index is 1.48. The second-order valence-electron chi connectivity index (χ2n) is 6.70. The summed E-state index contributed by atoms with van der Waals surface area (Å²) in [7, 11) is 1.44. The zero-order valence-electron chi connectivity index (χ0n) is 15.4. The van der Waals surface area contributed by atoms with Gasteiger partial charge in [-0.15, -0.1) is 0 Å². The van der Waals surface area contributed by atoms with Crippen LogP contribution in [0.5, 0.6) is 11.5 Å². The molecule has 8 nitrogen and oxygen atoms in total. The van der Waals surface area contributed by atoms with Crippen LogP contribution in [0.1, 0.15) is 24.0 Å². The number of likely N-dealkylation sites (N-methyl/N-ethyl adjacent to an activating group) is 1. The third-order valence-corrected chi connectivity index (χ3v) is 6.01. The number of amides is 2. The summed E-state index contributed by atoms with van der Waals surface area (Å²) in [5, 5.41) is 13.1. The molecule has 0 spiro atoms. The van der Waals surface area contributed by atoms with Crippen molar-refractivity contribution < 1.29 is 19.4 Å². The first-order chi connectivity index (χ1) is 13.9. The monoisotopic (exact) mass is 476 g/mol. The van der Waals surface area contributed by atoms with Crippen LogP contribution in [0, 0.1) is 0 Å². The minimum atomic E-state index is -0.362. The highest BCUT2D eigenvalue weighted by molar-refractivity contribution is 9.10. The number of halogens is 1. The van der Waals surface area contributed by atoms with E-state index in [9.17, 15) is 14.7 Å². The molecule has 2 N–H and O–H groups in total. The molecule has 2 fully saturated rings. The van der Waals surface area contributed by atoms with Gasteiger partial charge in [0.15, 0.2) is 11.5 Å². The molecular weight excluding hydrogens is 460 g/mol. The lowest BCUT2D eigenvalue weighted by atomic mass is 10.2. The van der Waals surface area contributed by atoms with Crippen molar-refractivity contribution in [2.24, 2.45) is 0 Å². The van der Waals surface area contributed by atoms with Crippen LogP contribution in [0.4, 0.5) is 10.7 Å². The van der Waals surface area contributed by atoms with Gasteiger partial charge in [0.05, 0.1) is 4.91 Å². The summed E-state index contributed by atoms with van der Waals surface area (Å²) in [6.45, 7) is 0.170. The lowest BCUT2D eigenvalue weighted by Crippen LogP contribution is -2.22. The molecular formula is C19H17BrN4O4S. The standard InChI is InChI=1S/C19H17BrN4O4S/c1-24-17(26)16(29-19(24)27)5-11-4-15(14(25)6-13(11)20)28-9-10-7-21-18(22-8-10)23-12-2-3-12/h4-8,12,25H,2-3,9H2,1H3,(H,21,22,23)/b16-5-. The molecule has 1 saturated carbocycles. The Labute approximate surface area is 179 Å². The minimum Gasteiger partial charge on any atom is -0.504 e. The zero-order valence-corrected chi connectivity index (χ0v) is 17.8. The van der Waals surface area contributed by atoms with Crippen LogP contribution in [0.25, 0.3) is 6.08 Å². The fraction of sp³-hybridized carbons (Fsp3) is 0.263. The molecule has 2 aliphatic rings. The van der Waals surface area contributed by atoms with Gasteiger partial charge in [0.1, 0.15) is 6.61 Å². The average molecular weight is 477 g/mol. The van der Waals surface area contributed by atoms with Crippen LogP contribution < -0.4 is 10.1 Å². The van der Waals surface area contributed by atoms with Crippen molar-refractivity contribution in [3.05, 3.63) is 45.0 Å². The Morgan fingerprint density at radius 1 is 1.34 bits per heavy atom. The third kappa shape index (κ3) is 4.54. The number of hydrogen-bond donors (Lipinski definition) is 2. The summed E-state index contributed by atoms with van der Waals surface area (Å²) in [6, 6.07) is 3.56. The molecule has 1 aliphatic carbocycles. The number of imide groups is 1. The van der Waals surface area contributed by atoms with E-state index in [1.165, 1.54) is 13.1 Å². The van der Waals surface area contributed by atoms with Crippen molar-refractivity contribution in [3.8, 4) is 11.5 Å². The number of aromatic hydroxyl groups is 1. The van der Waals surface area contributed by atoms with Gasteiger partial charge in [-0.25, -0.2) is 9.97 Å². The van der Waals surface area contributed by atoms with Crippen molar-refractivity contribution in [1.29, 1.82) is 0 Å². The number of phenolic OH excluding ortho intramolecular Hbond substituents is 1. The molecule has 4 rings (SSSR count). The predicted molar refractivity (Wildman–Crippen MR) is 113 cm³/mol. The Morgan fingerprint density at radius 3 is 2.69 bits per heavy atom. The molecule has 0 unspecified atom stereocenters. The number of nitrogens with one attached hydrogen (secondary N) is 1. The summed E-state index contributed by atoms with van der Waals surface area (Å²) >= 11 is 4.23. The minimum absolute atomic E-state index is 0.0504. The number of ether oxygens (including phenoxy) is 1. The SMILES string of the molecule is CN1C(=O)S/C(=C\c2cc(OCc3cnc(NC4CC4)nc3)c(O)cc2Br)C1=O. The molecule has 2 amide bonds. The number of nitrogens with zero attached hydrogens (tertiary/aromatic N) is 3. The Kier molecular flexibility index (Phi) is 5.46. The van der Waals surface area contributed by atoms with Crippen LogP contribution >= 0.6 is 27.7 Å². The lowest BCUT2D eigenvalue weighted by Gasteiger charge is -2.11. The highest BCUT2D eigenvalue weighted by Crippen LogP contribution is 2.37. The molecule has 10 heteroatoms. The van der Waals surface area contributed by atoms with Gasteiger partial charge in [0.25, 0.3) is 11.1 Å². The molecule has 1 aromatic carbocycles. The van der Waals surface area contributed by atoms with E-state index in [0.29, 0.717) is 26.9 Å². The van der Waals surface area contributed by atoms with Gasteiger partial charge in [-0.05, 0) is 48.4 Å². The molecule has 1 aromatic heterocycles. The summed E-state index contributed by atoms with van der Waals surface area (Å²) in [5.74, 6) is 0.426. The molecule has 29 heavy (non-hydrogen) atoms. The Hall–Kier alpha value is -2.59. The van der Waals surface area contributed by atoms with Gasteiger partial charge in [0, 0.05) is 35.5 Å². The van der Waals surface area contributed by atoms with Crippen molar-refractivity contribution in [1.82, 2.24) is 14.9 Å². The number of phenols is 1. The number of hydrogen-bond acceptors (Lipinski definition) is 8. The van der Waals surface area contributed by atoms with Gasteiger partial charge in [0.2, 0.25) is 5.95 Å². The van der Waals surface area contributed by atoms with Crippen LogP contribution in [-0.2, 0) is 11.4 Å². The van der Waals surface area contributed by atoms with E-state index in [1.807, 2.05) is 0 Å². The van der Waals surface area contributed by atoms with Crippen molar-refractivity contribution >= 4 is 50.9 Å². The summed E-state index contributed by atoms with van der Waals surface area (Å²) < 4.78 is 6.29. The molecule has 0 radical (unpaired) electrons. The largest absolute Gasteiger partial charge is 0.504 e. The van der Waals surface area contributed by atoms with Crippen LogP contribution in [-0.4, -0.2) is 44.2 Å². The first-order valence-electron chi connectivity index (χ1n) is 8.85. The molecule has 2 heterocycles. The maximum Gasteiger partial charge on any atom is 0.293 e. The van der Waals surface area contributed by atoms with E-state index >= 15 is 0 Å². The van der Waals surface area contributed by atoms with Crippen LogP contribution in [0.15, 0.2) is 33.9 Å². The van der Waals surface area contributed by atoms with E-state index in [0.717, 1.165) is 35.1 Å². The Morgan fingerprint density at radius 2 is 2.07 bits per heavy atom. The van der Waals surface area contributed by atoms with Gasteiger partial charge in [-0.2, -0.15) is 0 Å². The molecule has 0 bridgehead atoms. The first-order valence-corrected chi connectivity index (χ1v) is 10.5. The molecule has 150 valence electrons. The predicted octanol–water partition coefficient (Wildman–Crippen LogP) is 3.76. The van der Waals surface area contributed by atoms with Crippen molar-refractivity contribution in [2.75, 3.05) is 12.4 Å². The third-order valence-electron chi connectivity index (χ3n) is 4.36. The summed E-state index contributed by atoms with van der Waals surface area (Å²) in [6.07, 6.45) is 7.22. The summed E-state index contributed by atoms with van der Waals surface area (Å²) in [4.78, 5) is 33.6. The second kappa shape index (κ2) is 8.03. The summed E-state index contributed by atoms with van der Waals surface area (Å²) in [5.41, 5.74) is 1.36. The maximum atomic E-state index is 12.1. The normalized spacial score (nSPS) is 17.9. The van der Waals surface area contributed by atoms with Crippen molar-refractivity contribution in [3.63, 3.8) is 0 Å². The van der Waals surface area contributed by atoms with E-state index in [1.54, 1.807) is 24.5 Å². The maximum absolute atomic E-state index is 12.1. The van der Waals surface area contributed by atoms with E-state index in [2.05, 4.69) is 31.2 Å². The molecule has 2 aromatic rings. The number of carbonyl (C=O) groups is 2. The number of rotatable bonds is 6. The molecule has 1 aliphatic heterocycles. The van der Waals surface area contributed by atoms with Crippen LogP contribution in [0.3, 0.4) is 0 Å². The van der Waals surface area contributed by atoms with Crippen LogP contribution in [0.2, 0.25) is 0 Å². The van der Waals surface area contributed by atoms with Gasteiger partial charge < -0.3 is 15.2 Å². The fourth-order valence-electron chi connectivity index (χ4n) is 2.55. The topological polar surface area (TPSA) is 105 Å². The average Bonchev–Trinajstić information content (AvgIpc) is 3.48. The van der Waals surface area contributed by atoms with Crippen molar-refractivity contribution in [2.45, 2.75) is 25.5 Å².